The Morgan fingerprint density at radius 3 is 1.62 bits per heavy atom. The Kier molecular flexibility index (Phi) is 5.98. The largest absolute Gasteiger partial charge is 0.193 e. The van der Waals surface area contributed by atoms with Crippen molar-refractivity contribution in [3.8, 4) is 6.07 Å². The van der Waals surface area contributed by atoms with Crippen molar-refractivity contribution in [2.75, 3.05) is 12.5 Å². The molecular formula is C18H17NS2. The second-order valence-corrected chi connectivity index (χ2v) is 6.37. The summed E-state index contributed by atoms with van der Waals surface area (Å²) < 4.78 is 1.08. The maximum atomic E-state index is 9.72. The Balaban J connectivity index is 2.62. The SMILES string of the molecule is CSC(SC)=C(C#N)C(c1ccccc1)c1ccccc1. The van der Waals surface area contributed by atoms with Gasteiger partial charge >= 0.3 is 0 Å². The minimum atomic E-state index is -0.00713. The summed E-state index contributed by atoms with van der Waals surface area (Å²) in [6, 6.07) is 22.9. The van der Waals surface area contributed by atoms with E-state index in [1.807, 2.05) is 48.9 Å². The predicted octanol–water partition coefficient (Wildman–Crippen LogP) is 5.28. The highest BCUT2D eigenvalue weighted by Gasteiger charge is 2.22. The summed E-state index contributed by atoms with van der Waals surface area (Å²) in [4.78, 5) is 0. The van der Waals surface area contributed by atoms with E-state index in [9.17, 15) is 5.26 Å². The summed E-state index contributed by atoms with van der Waals surface area (Å²) >= 11 is 3.28. The molecule has 2 aromatic carbocycles. The van der Waals surface area contributed by atoms with Crippen LogP contribution in [0, 0.1) is 11.3 Å². The summed E-state index contributed by atoms with van der Waals surface area (Å²) in [7, 11) is 0. The number of allylic oxidation sites excluding steroid dienone is 1. The maximum absolute atomic E-state index is 9.72. The van der Waals surface area contributed by atoms with Crippen LogP contribution in [0.25, 0.3) is 0 Å². The van der Waals surface area contributed by atoms with E-state index in [2.05, 4.69) is 30.3 Å². The molecule has 0 atom stereocenters. The van der Waals surface area contributed by atoms with E-state index in [1.165, 1.54) is 0 Å². The molecule has 0 radical (unpaired) electrons. The number of hydrogen-bond acceptors (Lipinski definition) is 3. The molecule has 0 aliphatic carbocycles. The average molecular weight is 311 g/mol. The highest BCUT2D eigenvalue weighted by Crippen LogP contribution is 2.39. The standard InChI is InChI=1S/C18H17NS2/c1-20-18(21-2)16(13-19)17(14-9-5-3-6-10-14)15-11-7-4-8-12-15/h3-12,17H,1-2H3. The first-order valence-electron chi connectivity index (χ1n) is 6.64. The van der Waals surface area contributed by atoms with Crippen molar-refractivity contribution in [1.82, 2.24) is 0 Å². The van der Waals surface area contributed by atoms with Crippen molar-refractivity contribution in [3.05, 3.63) is 81.6 Å². The molecule has 0 heterocycles. The monoisotopic (exact) mass is 311 g/mol. The number of nitriles is 1. The zero-order valence-electron chi connectivity index (χ0n) is 12.1. The van der Waals surface area contributed by atoms with Gasteiger partial charge in [-0.25, -0.2) is 0 Å². The van der Waals surface area contributed by atoms with Crippen LogP contribution in [0.1, 0.15) is 17.0 Å². The molecular weight excluding hydrogens is 294 g/mol. The number of nitrogens with zero attached hydrogens (tertiary/aromatic N) is 1. The summed E-state index contributed by atoms with van der Waals surface area (Å²) in [5.74, 6) is -0.00713. The molecule has 0 aliphatic heterocycles. The van der Waals surface area contributed by atoms with Gasteiger partial charge in [-0.05, 0) is 23.6 Å². The minimum Gasteiger partial charge on any atom is -0.193 e. The second kappa shape index (κ2) is 7.97. The van der Waals surface area contributed by atoms with Gasteiger partial charge in [0.2, 0.25) is 0 Å². The molecule has 0 amide bonds. The van der Waals surface area contributed by atoms with Crippen molar-refractivity contribution < 1.29 is 0 Å². The number of hydrogen-bond donors (Lipinski definition) is 0. The molecule has 0 spiro atoms. The normalized spacial score (nSPS) is 10.2. The molecule has 106 valence electrons. The summed E-state index contributed by atoms with van der Waals surface area (Å²) in [6.45, 7) is 0. The first kappa shape index (κ1) is 15.8. The first-order chi connectivity index (χ1) is 10.3. The topological polar surface area (TPSA) is 23.8 Å². The molecule has 0 saturated heterocycles. The quantitative estimate of drug-likeness (QED) is 0.702. The van der Waals surface area contributed by atoms with Crippen molar-refractivity contribution in [3.63, 3.8) is 0 Å². The van der Waals surface area contributed by atoms with Crippen LogP contribution in [0.15, 0.2) is 70.5 Å². The lowest BCUT2D eigenvalue weighted by Crippen LogP contribution is -2.05. The number of thioether (sulfide) groups is 2. The fourth-order valence-corrected chi connectivity index (χ4v) is 3.78. The summed E-state index contributed by atoms with van der Waals surface area (Å²) in [6.07, 6.45) is 4.05. The van der Waals surface area contributed by atoms with E-state index in [0.717, 1.165) is 20.9 Å². The van der Waals surface area contributed by atoms with Crippen LogP contribution >= 0.6 is 23.5 Å². The Morgan fingerprint density at radius 1 is 0.857 bits per heavy atom. The minimum absolute atomic E-state index is 0.00713. The fourth-order valence-electron chi connectivity index (χ4n) is 2.35. The first-order valence-corrected chi connectivity index (χ1v) is 9.09. The van der Waals surface area contributed by atoms with Crippen LogP contribution in [0.2, 0.25) is 0 Å². The molecule has 0 aliphatic rings. The maximum Gasteiger partial charge on any atom is 0.0974 e. The molecule has 0 aromatic heterocycles. The molecule has 2 rings (SSSR count). The molecule has 0 unspecified atom stereocenters. The number of rotatable bonds is 5. The van der Waals surface area contributed by atoms with Gasteiger partial charge in [0.15, 0.2) is 0 Å². The van der Waals surface area contributed by atoms with Gasteiger partial charge in [0, 0.05) is 5.92 Å². The van der Waals surface area contributed by atoms with E-state index >= 15 is 0 Å². The predicted molar refractivity (Wildman–Crippen MR) is 94.4 cm³/mol. The Bertz CT molecular complexity index is 596. The molecule has 21 heavy (non-hydrogen) atoms. The van der Waals surface area contributed by atoms with Gasteiger partial charge in [-0.15, -0.1) is 23.5 Å². The third kappa shape index (κ3) is 3.72. The van der Waals surface area contributed by atoms with Gasteiger partial charge in [-0.2, -0.15) is 5.26 Å². The molecule has 2 aromatic rings. The lowest BCUT2D eigenvalue weighted by molar-refractivity contribution is 0.982. The second-order valence-electron chi connectivity index (χ2n) is 4.48. The van der Waals surface area contributed by atoms with Crippen LogP contribution in [0.5, 0.6) is 0 Å². The van der Waals surface area contributed by atoms with Gasteiger partial charge in [0.25, 0.3) is 0 Å². The van der Waals surface area contributed by atoms with E-state index < -0.39 is 0 Å². The van der Waals surface area contributed by atoms with E-state index in [1.54, 1.807) is 23.5 Å². The molecule has 0 N–H and O–H groups in total. The van der Waals surface area contributed by atoms with Gasteiger partial charge in [0.05, 0.1) is 15.9 Å². The number of benzene rings is 2. The Labute approximate surface area is 135 Å². The average Bonchev–Trinajstić information content (AvgIpc) is 2.56. The van der Waals surface area contributed by atoms with E-state index in [-0.39, 0.29) is 5.92 Å². The highest BCUT2D eigenvalue weighted by molar-refractivity contribution is 8.21. The van der Waals surface area contributed by atoms with Crippen LogP contribution in [-0.4, -0.2) is 12.5 Å². The van der Waals surface area contributed by atoms with Crippen molar-refractivity contribution >= 4 is 23.5 Å². The van der Waals surface area contributed by atoms with Crippen molar-refractivity contribution in [1.29, 1.82) is 5.26 Å². The highest BCUT2D eigenvalue weighted by atomic mass is 32.2. The van der Waals surface area contributed by atoms with Crippen LogP contribution < -0.4 is 0 Å². The molecule has 3 heteroatoms. The smallest absolute Gasteiger partial charge is 0.0974 e. The summed E-state index contributed by atoms with van der Waals surface area (Å²) in [5, 5.41) is 9.72. The Morgan fingerprint density at radius 2 is 1.29 bits per heavy atom. The zero-order valence-corrected chi connectivity index (χ0v) is 13.7. The van der Waals surface area contributed by atoms with Gasteiger partial charge in [-0.1, -0.05) is 60.7 Å². The molecule has 0 saturated carbocycles. The van der Waals surface area contributed by atoms with Gasteiger partial charge in [0.1, 0.15) is 0 Å². The van der Waals surface area contributed by atoms with Gasteiger partial charge < -0.3 is 0 Å². The van der Waals surface area contributed by atoms with Crippen LogP contribution in [-0.2, 0) is 0 Å². The zero-order chi connectivity index (χ0) is 15.1. The van der Waals surface area contributed by atoms with Gasteiger partial charge in [-0.3, -0.25) is 0 Å². The summed E-state index contributed by atoms with van der Waals surface area (Å²) in [5.41, 5.74) is 3.13. The lowest BCUT2D eigenvalue weighted by Gasteiger charge is -2.19. The molecule has 0 bridgehead atoms. The Hall–Kier alpha value is -1.63. The third-order valence-electron chi connectivity index (χ3n) is 3.27. The van der Waals surface area contributed by atoms with Crippen LogP contribution in [0.3, 0.4) is 0 Å². The van der Waals surface area contributed by atoms with E-state index in [0.29, 0.717) is 0 Å². The lowest BCUT2D eigenvalue weighted by atomic mass is 9.86. The van der Waals surface area contributed by atoms with Crippen molar-refractivity contribution in [2.24, 2.45) is 0 Å². The third-order valence-corrected chi connectivity index (χ3v) is 5.45. The van der Waals surface area contributed by atoms with Crippen LogP contribution in [0.4, 0.5) is 0 Å². The molecule has 1 nitrogen and oxygen atoms in total. The fraction of sp³-hybridized carbons (Fsp3) is 0.167. The van der Waals surface area contributed by atoms with E-state index in [4.69, 9.17) is 0 Å². The molecule has 0 fully saturated rings. The van der Waals surface area contributed by atoms with Crippen molar-refractivity contribution in [2.45, 2.75) is 5.92 Å².